The molecule has 6 nitrogen and oxygen atoms in total. The van der Waals surface area contributed by atoms with Gasteiger partial charge in [0.1, 0.15) is 11.8 Å². The van der Waals surface area contributed by atoms with E-state index in [2.05, 4.69) is 5.32 Å². The van der Waals surface area contributed by atoms with Crippen molar-refractivity contribution in [2.45, 2.75) is 26.4 Å². The summed E-state index contributed by atoms with van der Waals surface area (Å²) in [5, 5.41) is 5.01. The molecule has 7 heteroatoms. The third kappa shape index (κ3) is 4.57. The molecule has 0 heterocycles. The number of nitrogens with zero attached hydrogens (tertiary/aromatic N) is 1. The minimum atomic E-state index is -3.74. The summed E-state index contributed by atoms with van der Waals surface area (Å²) in [7, 11) is -2.26. The molecule has 0 radical (unpaired) electrons. The number of amides is 1. The van der Waals surface area contributed by atoms with Gasteiger partial charge in [-0.1, -0.05) is 48.5 Å². The van der Waals surface area contributed by atoms with Gasteiger partial charge < -0.3 is 10.1 Å². The van der Waals surface area contributed by atoms with Crippen LogP contribution in [0.5, 0.6) is 5.75 Å². The van der Waals surface area contributed by atoms with E-state index in [-0.39, 0.29) is 0 Å². The molecule has 30 heavy (non-hydrogen) atoms. The summed E-state index contributed by atoms with van der Waals surface area (Å²) in [6.45, 7) is 3.73. The molecule has 1 N–H and O–H groups in total. The summed E-state index contributed by atoms with van der Waals surface area (Å²) in [5.41, 5.74) is 2.17. The molecule has 0 aromatic heterocycles. The van der Waals surface area contributed by atoms with Crippen LogP contribution in [0.1, 0.15) is 18.1 Å². The van der Waals surface area contributed by atoms with Crippen LogP contribution >= 0.6 is 0 Å². The Bertz CT molecular complexity index is 1170. The Labute approximate surface area is 177 Å². The molecule has 0 unspecified atom stereocenters. The van der Waals surface area contributed by atoms with Crippen molar-refractivity contribution in [3.63, 3.8) is 0 Å². The predicted octanol–water partition coefficient (Wildman–Crippen LogP) is 3.63. The molecule has 0 bridgehead atoms. The van der Waals surface area contributed by atoms with Crippen molar-refractivity contribution in [2.75, 3.05) is 17.7 Å². The maximum Gasteiger partial charge on any atom is 0.243 e. The van der Waals surface area contributed by atoms with Gasteiger partial charge in [-0.25, -0.2) is 8.42 Å². The standard InChI is InChI=1S/C23H26N2O4S/c1-16-12-13-22(29-3)21(14-16)25(30(4,27)28)17(2)23(26)24-15-19-10-7-9-18-8-5-6-11-20(18)19/h5-14,17H,15H2,1-4H3,(H,24,26)/t17-/m0/s1. The minimum Gasteiger partial charge on any atom is -0.495 e. The topological polar surface area (TPSA) is 75.7 Å². The Hall–Kier alpha value is -3.06. The summed E-state index contributed by atoms with van der Waals surface area (Å²) < 4.78 is 31.6. The van der Waals surface area contributed by atoms with Crippen molar-refractivity contribution < 1.29 is 17.9 Å². The molecule has 0 aliphatic carbocycles. The zero-order valence-electron chi connectivity index (χ0n) is 17.5. The Morgan fingerprint density at radius 2 is 1.80 bits per heavy atom. The van der Waals surface area contributed by atoms with Crippen LogP contribution in [-0.4, -0.2) is 33.7 Å². The fourth-order valence-corrected chi connectivity index (χ4v) is 4.70. The molecule has 0 aliphatic heterocycles. The molecular weight excluding hydrogens is 400 g/mol. The van der Waals surface area contributed by atoms with Crippen molar-refractivity contribution in [2.24, 2.45) is 0 Å². The molecule has 3 aromatic rings. The number of anilines is 1. The number of nitrogens with one attached hydrogen (secondary N) is 1. The fraction of sp³-hybridized carbons (Fsp3) is 0.261. The second-order valence-corrected chi connectivity index (χ2v) is 9.13. The average molecular weight is 427 g/mol. The van der Waals surface area contributed by atoms with Gasteiger partial charge in [-0.3, -0.25) is 9.10 Å². The van der Waals surface area contributed by atoms with E-state index in [1.54, 1.807) is 19.1 Å². The summed E-state index contributed by atoms with van der Waals surface area (Å²) in [5.74, 6) is -0.00310. The Morgan fingerprint density at radius 1 is 1.10 bits per heavy atom. The van der Waals surface area contributed by atoms with Gasteiger partial charge >= 0.3 is 0 Å². The number of carbonyl (C=O) groups is 1. The summed E-state index contributed by atoms with van der Waals surface area (Å²) in [6.07, 6.45) is 1.09. The SMILES string of the molecule is COc1ccc(C)cc1N([C@@H](C)C(=O)NCc1cccc2ccccc12)S(C)(=O)=O. The largest absolute Gasteiger partial charge is 0.495 e. The van der Waals surface area contributed by atoms with Gasteiger partial charge in [-0.15, -0.1) is 0 Å². The monoisotopic (exact) mass is 426 g/mol. The van der Waals surface area contributed by atoms with Crippen molar-refractivity contribution >= 4 is 32.4 Å². The molecule has 0 spiro atoms. The number of hydrogen-bond donors (Lipinski definition) is 1. The normalized spacial score (nSPS) is 12.4. The van der Waals surface area contributed by atoms with Gasteiger partial charge in [-0.2, -0.15) is 0 Å². The number of sulfonamides is 1. The smallest absolute Gasteiger partial charge is 0.243 e. The predicted molar refractivity (Wildman–Crippen MR) is 120 cm³/mol. The number of ether oxygens (including phenoxy) is 1. The maximum atomic E-state index is 12.9. The first-order chi connectivity index (χ1) is 14.2. The lowest BCUT2D eigenvalue weighted by molar-refractivity contribution is -0.122. The molecule has 158 valence electrons. The van der Waals surface area contributed by atoms with E-state index in [9.17, 15) is 13.2 Å². The van der Waals surface area contributed by atoms with Crippen LogP contribution in [0, 0.1) is 6.92 Å². The molecule has 0 fully saturated rings. The van der Waals surface area contributed by atoms with E-state index in [1.807, 2.05) is 55.5 Å². The van der Waals surface area contributed by atoms with Crippen molar-refractivity contribution in [1.29, 1.82) is 0 Å². The van der Waals surface area contributed by atoms with Crippen LogP contribution in [0.15, 0.2) is 60.7 Å². The van der Waals surface area contributed by atoms with Crippen LogP contribution in [0.2, 0.25) is 0 Å². The third-order valence-electron chi connectivity index (χ3n) is 4.99. The highest BCUT2D eigenvalue weighted by molar-refractivity contribution is 7.92. The zero-order chi connectivity index (χ0) is 21.9. The highest BCUT2D eigenvalue weighted by Gasteiger charge is 2.31. The molecule has 0 saturated heterocycles. The van der Waals surface area contributed by atoms with Crippen molar-refractivity contribution in [3.8, 4) is 5.75 Å². The molecule has 3 rings (SSSR count). The highest BCUT2D eigenvalue weighted by atomic mass is 32.2. The maximum absolute atomic E-state index is 12.9. The van der Waals surface area contributed by atoms with Gasteiger partial charge in [0.15, 0.2) is 0 Å². The lowest BCUT2D eigenvalue weighted by atomic mass is 10.0. The zero-order valence-corrected chi connectivity index (χ0v) is 18.4. The first-order valence-electron chi connectivity index (χ1n) is 9.60. The Balaban J connectivity index is 1.87. The van der Waals surface area contributed by atoms with Crippen molar-refractivity contribution in [3.05, 3.63) is 71.8 Å². The Morgan fingerprint density at radius 3 is 2.50 bits per heavy atom. The average Bonchev–Trinajstić information content (AvgIpc) is 2.71. The summed E-state index contributed by atoms with van der Waals surface area (Å²) >= 11 is 0. The summed E-state index contributed by atoms with van der Waals surface area (Å²) in [4.78, 5) is 12.9. The molecule has 1 amide bonds. The van der Waals surface area contributed by atoms with E-state index in [0.29, 0.717) is 18.0 Å². The van der Waals surface area contributed by atoms with Gasteiger partial charge in [0.2, 0.25) is 15.9 Å². The minimum absolute atomic E-state index is 0.299. The first kappa shape index (κ1) is 21.6. The molecule has 1 atom stereocenters. The van der Waals surface area contributed by atoms with E-state index >= 15 is 0 Å². The molecule has 0 aliphatic rings. The van der Waals surface area contributed by atoms with Gasteiger partial charge in [0.25, 0.3) is 0 Å². The molecule has 0 saturated carbocycles. The highest BCUT2D eigenvalue weighted by Crippen LogP contribution is 2.32. The van der Waals surface area contributed by atoms with Crippen molar-refractivity contribution in [1.82, 2.24) is 5.32 Å². The first-order valence-corrected chi connectivity index (χ1v) is 11.5. The van der Waals surface area contributed by atoms with Crippen LogP contribution in [-0.2, 0) is 21.4 Å². The fourth-order valence-electron chi connectivity index (χ4n) is 3.53. The molecule has 3 aromatic carbocycles. The van der Waals surface area contributed by atoms with E-state index in [0.717, 1.165) is 32.5 Å². The van der Waals surface area contributed by atoms with E-state index in [4.69, 9.17) is 4.74 Å². The number of rotatable bonds is 7. The second-order valence-electron chi connectivity index (χ2n) is 7.27. The number of carbonyl (C=O) groups excluding carboxylic acids is 1. The van der Waals surface area contributed by atoms with E-state index in [1.165, 1.54) is 7.11 Å². The number of methoxy groups -OCH3 is 1. The van der Waals surface area contributed by atoms with Crippen LogP contribution < -0.4 is 14.4 Å². The number of fused-ring (bicyclic) bond motifs is 1. The number of benzene rings is 3. The quantitative estimate of drug-likeness (QED) is 0.626. The summed E-state index contributed by atoms with van der Waals surface area (Å²) in [6, 6.07) is 18.1. The van der Waals surface area contributed by atoms with Gasteiger partial charge in [0, 0.05) is 6.54 Å². The van der Waals surface area contributed by atoms with Crippen LogP contribution in [0.4, 0.5) is 5.69 Å². The lowest BCUT2D eigenvalue weighted by Gasteiger charge is -2.29. The number of hydrogen-bond acceptors (Lipinski definition) is 4. The van der Waals surface area contributed by atoms with Gasteiger partial charge in [-0.05, 0) is 47.9 Å². The lowest BCUT2D eigenvalue weighted by Crippen LogP contribution is -2.47. The second kappa shape index (κ2) is 8.75. The third-order valence-corrected chi connectivity index (χ3v) is 6.22. The van der Waals surface area contributed by atoms with Crippen LogP contribution in [0.3, 0.4) is 0 Å². The number of aryl methyl sites for hydroxylation is 1. The Kier molecular flexibility index (Phi) is 6.31. The molecular formula is C23H26N2O4S. The van der Waals surface area contributed by atoms with Gasteiger partial charge in [0.05, 0.1) is 19.1 Å². The van der Waals surface area contributed by atoms with E-state index < -0.39 is 22.0 Å². The van der Waals surface area contributed by atoms with Crippen LogP contribution in [0.25, 0.3) is 10.8 Å².